The molecule has 0 saturated carbocycles. The van der Waals surface area contributed by atoms with Crippen LogP contribution in [0.4, 0.5) is 0 Å². The van der Waals surface area contributed by atoms with Gasteiger partial charge in [0.25, 0.3) is 0 Å². The summed E-state index contributed by atoms with van der Waals surface area (Å²) in [6, 6.07) is 11.0. The SMILES string of the molecule is CCCOc1ccc(C(NC)c2cc(C)c(C)s2)cc1. The Morgan fingerprint density at radius 3 is 2.40 bits per heavy atom. The van der Waals surface area contributed by atoms with Crippen LogP contribution in [0.3, 0.4) is 0 Å². The third-order valence-corrected chi connectivity index (χ3v) is 4.66. The van der Waals surface area contributed by atoms with Gasteiger partial charge in [0.05, 0.1) is 12.6 Å². The number of benzene rings is 1. The van der Waals surface area contributed by atoms with Crippen LogP contribution in [0.15, 0.2) is 30.3 Å². The van der Waals surface area contributed by atoms with E-state index in [2.05, 4.69) is 56.4 Å². The molecule has 0 fully saturated rings. The van der Waals surface area contributed by atoms with Crippen LogP contribution in [-0.2, 0) is 0 Å². The van der Waals surface area contributed by atoms with E-state index in [0.29, 0.717) is 0 Å². The highest BCUT2D eigenvalue weighted by Gasteiger charge is 2.15. The molecule has 1 atom stereocenters. The standard InChI is InChI=1S/C17H23NOS/c1-5-10-19-15-8-6-14(7-9-15)17(18-4)16-11-12(2)13(3)20-16/h6-9,11,17-18H,5,10H2,1-4H3. The van der Waals surface area contributed by atoms with Gasteiger partial charge in [0.2, 0.25) is 0 Å². The second-order valence-electron chi connectivity index (χ2n) is 5.03. The van der Waals surface area contributed by atoms with Gasteiger partial charge >= 0.3 is 0 Å². The van der Waals surface area contributed by atoms with E-state index in [9.17, 15) is 0 Å². The third kappa shape index (κ3) is 3.41. The Balaban J connectivity index is 2.19. The van der Waals surface area contributed by atoms with E-state index in [0.717, 1.165) is 18.8 Å². The molecule has 1 heterocycles. The van der Waals surface area contributed by atoms with Gasteiger partial charge in [-0.15, -0.1) is 11.3 Å². The van der Waals surface area contributed by atoms with Crippen molar-refractivity contribution >= 4 is 11.3 Å². The van der Waals surface area contributed by atoms with Gasteiger partial charge in [0.1, 0.15) is 5.75 Å². The maximum atomic E-state index is 5.63. The summed E-state index contributed by atoms with van der Waals surface area (Å²) in [5, 5.41) is 3.41. The second-order valence-corrected chi connectivity index (χ2v) is 6.32. The minimum absolute atomic E-state index is 0.257. The number of ether oxygens (including phenoxy) is 1. The molecule has 2 rings (SSSR count). The summed E-state index contributed by atoms with van der Waals surface area (Å²) in [6.45, 7) is 7.24. The van der Waals surface area contributed by atoms with Gasteiger partial charge in [-0.1, -0.05) is 19.1 Å². The van der Waals surface area contributed by atoms with Crippen LogP contribution in [0.25, 0.3) is 0 Å². The van der Waals surface area contributed by atoms with Gasteiger partial charge in [-0.05, 0) is 56.6 Å². The molecular formula is C17H23NOS. The minimum Gasteiger partial charge on any atom is -0.494 e. The second kappa shape index (κ2) is 6.91. The Hall–Kier alpha value is -1.32. The molecule has 1 unspecified atom stereocenters. The predicted molar refractivity (Wildman–Crippen MR) is 86.9 cm³/mol. The summed E-state index contributed by atoms with van der Waals surface area (Å²) in [6.07, 6.45) is 1.04. The maximum absolute atomic E-state index is 5.63. The maximum Gasteiger partial charge on any atom is 0.119 e. The number of aryl methyl sites for hydroxylation is 2. The lowest BCUT2D eigenvalue weighted by atomic mass is 10.0. The summed E-state index contributed by atoms with van der Waals surface area (Å²) in [5.74, 6) is 0.948. The molecule has 0 aliphatic heterocycles. The van der Waals surface area contributed by atoms with Crippen molar-refractivity contribution < 1.29 is 4.74 Å². The topological polar surface area (TPSA) is 21.3 Å². The number of hydrogen-bond acceptors (Lipinski definition) is 3. The Morgan fingerprint density at radius 2 is 1.90 bits per heavy atom. The zero-order chi connectivity index (χ0) is 14.5. The Morgan fingerprint density at radius 1 is 1.20 bits per heavy atom. The Bertz CT molecular complexity index is 525. The van der Waals surface area contributed by atoms with Gasteiger partial charge in [-0.25, -0.2) is 0 Å². The molecule has 1 aromatic heterocycles. The summed E-state index contributed by atoms with van der Waals surface area (Å²) in [7, 11) is 2.01. The highest BCUT2D eigenvalue weighted by atomic mass is 32.1. The average Bonchev–Trinajstić information content (AvgIpc) is 2.78. The molecule has 0 bridgehead atoms. The zero-order valence-electron chi connectivity index (χ0n) is 12.7. The number of nitrogens with one attached hydrogen (secondary N) is 1. The lowest BCUT2D eigenvalue weighted by molar-refractivity contribution is 0.317. The summed E-state index contributed by atoms with van der Waals surface area (Å²) >= 11 is 1.87. The fourth-order valence-corrected chi connectivity index (χ4v) is 3.37. The first-order valence-corrected chi connectivity index (χ1v) is 7.94. The highest BCUT2D eigenvalue weighted by Crippen LogP contribution is 2.31. The van der Waals surface area contributed by atoms with Gasteiger partial charge in [0, 0.05) is 9.75 Å². The molecular weight excluding hydrogens is 266 g/mol. The van der Waals surface area contributed by atoms with E-state index in [1.54, 1.807) is 0 Å². The van der Waals surface area contributed by atoms with Crippen LogP contribution in [0.1, 0.15) is 40.3 Å². The number of hydrogen-bond donors (Lipinski definition) is 1. The number of rotatable bonds is 6. The fourth-order valence-electron chi connectivity index (χ4n) is 2.19. The van der Waals surface area contributed by atoms with Crippen LogP contribution in [0.2, 0.25) is 0 Å². The Labute approximate surface area is 125 Å². The Kier molecular flexibility index (Phi) is 5.21. The van der Waals surface area contributed by atoms with Crippen LogP contribution in [0.5, 0.6) is 5.75 Å². The van der Waals surface area contributed by atoms with Crippen molar-refractivity contribution in [1.82, 2.24) is 5.32 Å². The van der Waals surface area contributed by atoms with Crippen molar-refractivity contribution in [3.05, 3.63) is 51.2 Å². The predicted octanol–water partition coefficient (Wildman–Crippen LogP) is 4.46. The fraction of sp³-hybridized carbons (Fsp3) is 0.412. The first kappa shape index (κ1) is 15.1. The molecule has 20 heavy (non-hydrogen) atoms. The zero-order valence-corrected chi connectivity index (χ0v) is 13.5. The lowest BCUT2D eigenvalue weighted by Crippen LogP contribution is -2.16. The summed E-state index contributed by atoms with van der Waals surface area (Å²) in [4.78, 5) is 2.76. The van der Waals surface area contributed by atoms with Crippen molar-refractivity contribution in [3.63, 3.8) is 0 Å². The van der Waals surface area contributed by atoms with Crippen molar-refractivity contribution in [2.24, 2.45) is 0 Å². The minimum atomic E-state index is 0.257. The molecule has 0 spiro atoms. The molecule has 3 heteroatoms. The molecule has 0 radical (unpaired) electrons. The van der Waals surface area contributed by atoms with E-state index >= 15 is 0 Å². The average molecular weight is 289 g/mol. The monoisotopic (exact) mass is 289 g/mol. The molecule has 0 aliphatic carbocycles. The van der Waals surface area contributed by atoms with E-state index in [1.165, 1.54) is 20.9 Å². The third-order valence-electron chi connectivity index (χ3n) is 3.44. The van der Waals surface area contributed by atoms with Crippen molar-refractivity contribution in [3.8, 4) is 5.75 Å². The van der Waals surface area contributed by atoms with Gasteiger partial charge in [-0.3, -0.25) is 0 Å². The normalized spacial score (nSPS) is 12.4. The molecule has 0 amide bonds. The smallest absolute Gasteiger partial charge is 0.119 e. The van der Waals surface area contributed by atoms with Crippen molar-refractivity contribution in [2.75, 3.05) is 13.7 Å². The molecule has 1 aromatic carbocycles. The molecule has 1 N–H and O–H groups in total. The van der Waals surface area contributed by atoms with E-state index in [1.807, 2.05) is 18.4 Å². The van der Waals surface area contributed by atoms with E-state index in [-0.39, 0.29) is 6.04 Å². The van der Waals surface area contributed by atoms with Crippen LogP contribution >= 0.6 is 11.3 Å². The van der Waals surface area contributed by atoms with E-state index in [4.69, 9.17) is 4.74 Å². The van der Waals surface area contributed by atoms with Gasteiger partial charge in [0.15, 0.2) is 0 Å². The number of thiophene rings is 1. The lowest BCUT2D eigenvalue weighted by Gasteiger charge is -2.15. The van der Waals surface area contributed by atoms with Gasteiger partial charge in [-0.2, -0.15) is 0 Å². The molecule has 2 aromatic rings. The highest BCUT2D eigenvalue weighted by molar-refractivity contribution is 7.12. The first-order chi connectivity index (χ1) is 9.65. The van der Waals surface area contributed by atoms with Crippen LogP contribution in [-0.4, -0.2) is 13.7 Å². The van der Waals surface area contributed by atoms with Gasteiger partial charge < -0.3 is 10.1 Å². The summed E-state index contributed by atoms with van der Waals surface area (Å²) in [5.41, 5.74) is 2.64. The summed E-state index contributed by atoms with van der Waals surface area (Å²) < 4.78 is 5.63. The molecule has 0 aliphatic rings. The van der Waals surface area contributed by atoms with Crippen LogP contribution < -0.4 is 10.1 Å². The van der Waals surface area contributed by atoms with E-state index < -0.39 is 0 Å². The molecule has 2 nitrogen and oxygen atoms in total. The first-order valence-electron chi connectivity index (χ1n) is 7.12. The largest absolute Gasteiger partial charge is 0.494 e. The van der Waals surface area contributed by atoms with Crippen molar-refractivity contribution in [1.29, 1.82) is 0 Å². The quantitative estimate of drug-likeness (QED) is 0.847. The molecule has 108 valence electrons. The van der Waals surface area contributed by atoms with Crippen molar-refractivity contribution in [2.45, 2.75) is 33.2 Å². The molecule has 0 saturated heterocycles. The van der Waals surface area contributed by atoms with Crippen LogP contribution in [0, 0.1) is 13.8 Å².